The molecule has 5 aromatic rings. The fourth-order valence-electron chi connectivity index (χ4n) is 9.71. The monoisotopic (exact) mass is 856 g/mol. The van der Waals surface area contributed by atoms with Crippen LogP contribution >= 0.6 is 22.9 Å². The van der Waals surface area contributed by atoms with Gasteiger partial charge in [-0.15, -0.1) is 11.3 Å². The molecule has 1 saturated carbocycles. The molecule has 10 nitrogen and oxygen atoms in total. The average molecular weight is 857 g/mol. The van der Waals surface area contributed by atoms with E-state index in [1.54, 1.807) is 38.2 Å². The molecule has 2 aliphatic heterocycles. The largest absolute Gasteiger partial charge is 0.463 e. The molecule has 3 aromatic heterocycles. The number of carbonyl (C=O) groups is 4. The highest BCUT2D eigenvalue weighted by atomic mass is 35.5. The molecule has 2 aromatic carbocycles. The Hall–Kier alpha value is -5.26. The van der Waals surface area contributed by atoms with Gasteiger partial charge in [0.05, 0.1) is 50.8 Å². The van der Waals surface area contributed by atoms with Crippen molar-refractivity contribution in [2.45, 2.75) is 51.6 Å². The number of aromatic nitrogens is 2. The van der Waals surface area contributed by atoms with E-state index in [0.717, 1.165) is 25.4 Å². The normalized spacial score (nSPS) is 25.9. The van der Waals surface area contributed by atoms with Crippen LogP contribution < -0.4 is 9.80 Å². The van der Waals surface area contributed by atoms with Gasteiger partial charge in [-0.1, -0.05) is 23.3 Å². The van der Waals surface area contributed by atoms with Crippen molar-refractivity contribution in [1.82, 2.24) is 9.78 Å². The number of aryl methyl sites for hydroxylation is 2. The minimum absolute atomic E-state index is 0.0861. The molecule has 18 heteroatoms. The number of benzene rings is 2. The molecule has 3 fully saturated rings. The first-order chi connectivity index (χ1) is 27.7. The van der Waals surface area contributed by atoms with Crippen molar-refractivity contribution >= 4 is 68.2 Å². The molecule has 9 rings (SSSR count). The van der Waals surface area contributed by atoms with E-state index in [2.05, 4.69) is 5.10 Å². The van der Waals surface area contributed by atoms with Crippen LogP contribution in [0.3, 0.4) is 0 Å². The van der Waals surface area contributed by atoms with Crippen molar-refractivity contribution in [2.24, 2.45) is 36.1 Å². The molecule has 4 aliphatic rings. The van der Waals surface area contributed by atoms with E-state index in [-0.39, 0.29) is 36.2 Å². The number of rotatable bonds is 5. The summed E-state index contributed by atoms with van der Waals surface area (Å²) in [5.41, 5.74) is -3.97. The lowest BCUT2D eigenvalue weighted by atomic mass is 9.52. The summed E-state index contributed by atoms with van der Waals surface area (Å²) >= 11 is 7.73. The number of hydrogen-bond donors (Lipinski definition) is 1. The Labute approximate surface area is 339 Å². The molecule has 306 valence electrons. The third-order valence-corrected chi connectivity index (χ3v) is 14.0. The van der Waals surface area contributed by atoms with Crippen molar-refractivity contribution in [1.29, 1.82) is 0 Å². The lowest BCUT2D eigenvalue weighted by Gasteiger charge is -2.48. The number of anilines is 2. The molecule has 0 radical (unpaired) electrons. The maximum atomic E-state index is 15.0. The Morgan fingerprint density at radius 1 is 0.915 bits per heavy atom. The van der Waals surface area contributed by atoms with Crippen LogP contribution in [-0.4, -0.2) is 38.5 Å². The SMILES string of the molecule is Cc1c(-c2cc(N3C(=O)C4CC5C(=CCC6C(=O)N(c7cc(C(F)(F)F)cc(C(F)(F)F)c7)C(=O)C65)C(c5ccc(CO)o5)C4(C)C3=O)n(C)n2)sc2ccc(Cl)cc12. The second kappa shape index (κ2) is 13.1. The number of alkyl halides is 6. The van der Waals surface area contributed by atoms with Gasteiger partial charge in [-0.25, -0.2) is 9.80 Å². The first-order valence-corrected chi connectivity index (χ1v) is 19.6. The van der Waals surface area contributed by atoms with Crippen LogP contribution in [0.5, 0.6) is 0 Å². The molecular weight excluding hydrogens is 826 g/mol. The Kier molecular flexibility index (Phi) is 8.72. The van der Waals surface area contributed by atoms with Gasteiger partial charge in [0, 0.05) is 22.8 Å². The lowest BCUT2D eigenvalue weighted by molar-refractivity contribution is -0.143. The Morgan fingerprint density at radius 2 is 1.61 bits per heavy atom. The molecule has 6 unspecified atom stereocenters. The number of aliphatic hydroxyl groups is 1. The smallest absolute Gasteiger partial charge is 0.416 e. The van der Waals surface area contributed by atoms with Gasteiger partial charge in [0.15, 0.2) is 0 Å². The van der Waals surface area contributed by atoms with Crippen molar-refractivity contribution in [3.63, 3.8) is 0 Å². The number of allylic oxidation sites excluding steroid dienone is 2. The maximum absolute atomic E-state index is 15.0. The number of imide groups is 2. The zero-order chi connectivity index (χ0) is 42.2. The van der Waals surface area contributed by atoms with Crippen LogP contribution in [0.2, 0.25) is 5.02 Å². The number of carbonyl (C=O) groups excluding carboxylic acids is 4. The van der Waals surface area contributed by atoms with Crippen LogP contribution in [0, 0.1) is 36.0 Å². The van der Waals surface area contributed by atoms with E-state index in [0.29, 0.717) is 33.3 Å². The van der Waals surface area contributed by atoms with Crippen LogP contribution in [0.4, 0.5) is 37.8 Å². The fraction of sp³-hybridized carbons (Fsp3) is 0.341. The highest BCUT2D eigenvalue weighted by Gasteiger charge is 2.68. The number of amides is 4. The summed E-state index contributed by atoms with van der Waals surface area (Å²) in [5.74, 6) is -8.36. The second-order valence-corrected chi connectivity index (χ2v) is 17.1. The van der Waals surface area contributed by atoms with Crippen LogP contribution in [-0.2, 0) is 45.2 Å². The standard InChI is InChI=1S/C41H31ClF6N4O6S/c1-17-25-13-20(42)4-9-30(25)59-34(17)28-15-31(50(3)49-28)52-36(55)27-14-26-23(33(39(27,2)38(52)57)29-8-5-22(16-53)58-29)6-7-24-32(26)37(56)51(35(24)54)21-11-18(40(43,44)45)10-19(12-21)41(46,47)48/h4-6,8-13,15,24,26-27,32-33,53H,7,14,16H2,1-3H3. The van der Waals surface area contributed by atoms with E-state index in [4.69, 9.17) is 16.0 Å². The minimum Gasteiger partial charge on any atom is -0.463 e. The van der Waals surface area contributed by atoms with Crippen molar-refractivity contribution in [3.05, 3.63) is 99.5 Å². The minimum atomic E-state index is -5.23. The molecular formula is C41H31ClF6N4O6S. The summed E-state index contributed by atoms with van der Waals surface area (Å²) in [6.07, 6.45) is -9.10. The fourth-order valence-corrected chi connectivity index (χ4v) is 11.0. The molecule has 2 saturated heterocycles. The summed E-state index contributed by atoms with van der Waals surface area (Å²) in [6, 6.07) is 10.8. The van der Waals surface area contributed by atoms with Gasteiger partial charge >= 0.3 is 12.4 Å². The molecule has 0 bridgehead atoms. The third-order valence-electron chi connectivity index (χ3n) is 12.4. The van der Waals surface area contributed by atoms with E-state index in [1.165, 1.54) is 22.1 Å². The second-order valence-electron chi connectivity index (χ2n) is 15.6. The van der Waals surface area contributed by atoms with Gasteiger partial charge in [0.1, 0.15) is 29.6 Å². The van der Waals surface area contributed by atoms with Crippen LogP contribution in [0.1, 0.15) is 53.9 Å². The number of furan rings is 1. The van der Waals surface area contributed by atoms with Gasteiger partial charge in [0.25, 0.3) is 0 Å². The number of thiophene rings is 1. The number of fused-ring (bicyclic) bond motifs is 5. The Morgan fingerprint density at radius 3 is 2.25 bits per heavy atom. The highest BCUT2D eigenvalue weighted by Crippen LogP contribution is 2.64. The molecule has 5 heterocycles. The van der Waals surface area contributed by atoms with E-state index < -0.39 is 94.4 Å². The topological polar surface area (TPSA) is 126 Å². The number of halogens is 7. The van der Waals surface area contributed by atoms with Crippen molar-refractivity contribution < 1.29 is 55.0 Å². The van der Waals surface area contributed by atoms with Gasteiger partial charge in [-0.05, 0) is 92.1 Å². The highest BCUT2D eigenvalue weighted by molar-refractivity contribution is 7.22. The zero-order valence-electron chi connectivity index (χ0n) is 31.1. The summed E-state index contributed by atoms with van der Waals surface area (Å²) in [4.78, 5) is 60.3. The van der Waals surface area contributed by atoms with E-state index in [1.807, 2.05) is 19.1 Å². The molecule has 6 atom stereocenters. The Bertz CT molecular complexity index is 2670. The van der Waals surface area contributed by atoms with Crippen molar-refractivity contribution in [3.8, 4) is 10.6 Å². The molecule has 0 spiro atoms. The quantitative estimate of drug-likeness (QED) is 0.106. The molecule has 4 amide bonds. The summed E-state index contributed by atoms with van der Waals surface area (Å²) < 4.78 is 91.6. The van der Waals surface area contributed by atoms with Gasteiger partial charge in [0.2, 0.25) is 23.6 Å². The van der Waals surface area contributed by atoms with Crippen molar-refractivity contribution in [2.75, 3.05) is 9.80 Å². The van der Waals surface area contributed by atoms with E-state index >= 15 is 0 Å². The molecule has 2 aliphatic carbocycles. The molecule has 1 N–H and O–H groups in total. The van der Waals surface area contributed by atoms with Crippen LogP contribution in [0.25, 0.3) is 20.7 Å². The summed E-state index contributed by atoms with van der Waals surface area (Å²) in [6.45, 7) is 3.02. The van der Waals surface area contributed by atoms with Gasteiger partial charge < -0.3 is 9.52 Å². The van der Waals surface area contributed by atoms with Crippen LogP contribution in [0.15, 0.2) is 70.7 Å². The first-order valence-electron chi connectivity index (χ1n) is 18.4. The third kappa shape index (κ3) is 5.74. The van der Waals surface area contributed by atoms with Gasteiger partial charge in [-0.3, -0.25) is 23.9 Å². The lowest BCUT2D eigenvalue weighted by Crippen LogP contribution is -2.48. The maximum Gasteiger partial charge on any atom is 0.416 e. The summed E-state index contributed by atoms with van der Waals surface area (Å²) in [5, 5.41) is 16.1. The Balaban J connectivity index is 1.13. The first kappa shape index (κ1) is 39.2. The van der Waals surface area contributed by atoms with E-state index in [9.17, 15) is 50.6 Å². The predicted octanol–water partition coefficient (Wildman–Crippen LogP) is 8.82. The number of aliphatic hydroxyl groups excluding tert-OH is 1. The predicted molar refractivity (Wildman–Crippen MR) is 202 cm³/mol. The molecule has 59 heavy (non-hydrogen) atoms. The zero-order valence-corrected chi connectivity index (χ0v) is 32.7. The average Bonchev–Trinajstić information content (AvgIpc) is 3.97. The summed E-state index contributed by atoms with van der Waals surface area (Å²) in [7, 11) is 1.59. The van der Waals surface area contributed by atoms with Gasteiger partial charge in [-0.2, -0.15) is 31.4 Å². The number of hydrogen-bond acceptors (Lipinski definition) is 8. The number of nitrogens with zero attached hydrogens (tertiary/aromatic N) is 4.